The van der Waals surface area contributed by atoms with Crippen LogP contribution in [0.1, 0.15) is 69.2 Å². The first-order valence-corrected chi connectivity index (χ1v) is 9.34. The minimum absolute atomic E-state index is 0.0419. The Balaban J connectivity index is 4.93. The van der Waals surface area contributed by atoms with Gasteiger partial charge >= 0.3 is 12.2 Å². The predicted octanol–water partition coefficient (Wildman–Crippen LogP) is 4.52. The fraction of sp³-hybridized carbons (Fsp3) is 0.895. The summed E-state index contributed by atoms with van der Waals surface area (Å²) in [4.78, 5) is 28.2. The molecular weight excluding hydrogens is 320 g/mol. The molecule has 25 heavy (non-hydrogen) atoms. The Kier molecular flexibility index (Phi) is 9.90. The summed E-state index contributed by atoms with van der Waals surface area (Å²) in [5.41, 5.74) is 0. The summed E-state index contributed by atoms with van der Waals surface area (Å²) in [6, 6.07) is 0.176. The Morgan fingerprint density at radius 2 is 1.04 bits per heavy atom. The maximum absolute atomic E-state index is 12.5. The summed E-state index contributed by atoms with van der Waals surface area (Å²) in [5, 5.41) is 0. The van der Waals surface area contributed by atoms with Gasteiger partial charge < -0.3 is 19.3 Å². The minimum Gasteiger partial charge on any atom is -0.445 e. The number of rotatable bonds is 8. The van der Waals surface area contributed by atoms with Gasteiger partial charge in [0.05, 0.1) is 0 Å². The van der Waals surface area contributed by atoms with Gasteiger partial charge in [0.25, 0.3) is 0 Å². The molecule has 1 atom stereocenters. The summed E-state index contributed by atoms with van der Waals surface area (Å²) in [6.07, 6.45) is -1.22. The number of ether oxygens (including phenoxy) is 2. The first-order chi connectivity index (χ1) is 11.4. The van der Waals surface area contributed by atoms with E-state index in [-0.39, 0.29) is 48.9 Å². The third kappa shape index (κ3) is 7.53. The van der Waals surface area contributed by atoms with Crippen LogP contribution >= 0.6 is 0 Å². The molecule has 0 heterocycles. The molecule has 0 bridgehead atoms. The zero-order chi connectivity index (χ0) is 19.9. The van der Waals surface area contributed by atoms with E-state index >= 15 is 0 Å². The van der Waals surface area contributed by atoms with E-state index in [9.17, 15) is 9.59 Å². The molecule has 6 heteroatoms. The molecule has 2 amide bonds. The fourth-order valence-electron chi connectivity index (χ4n) is 2.82. The van der Waals surface area contributed by atoms with Crippen LogP contribution in [-0.4, -0.2) is 58.9 Å². The topological polar surface area (TPSA) is 59.1 Å². The maximum Gasteiger partial charge on any atom is 0.410 e. The standard InChI is InChI=1S/C19H38N2O4/c1-12(2)17(25-19(23)21(15(7)8)16(9)10)11-24-18(22)20(13(3)4)14(5)6/h12-17H,11H2,1-10H3. The molecule has 0 rings (SSSR count). The van der Waals surface area contributed by atoms with Crippen LogP contribution in [-0.2, 0) is 9.47 Å². The van der Waals surface area contributed by atoms with Crippen molar-refractivity contribution in [3.8, 4) is 0 Å². The van der Waals surface area contributed by atoms with Gasteiger partial charge in [0, 0.05) is 24.2 Å². The van der Waals surface area contributed by atoms with Crippen LogP contribution in [0.15, 0.2) is 0 Å². The Morgan fingerprint density at radius 3 is 1.36 bits per heavy atom. The lowest BCUT2D eigenvalue weighted by Gasteiger charge is -2.33. The molecule has 0 aromatic heterocycles. The highest BCUT2D eigenvalue weighted by Gasteiger charge is 2.28. The van der Waals surface area contributed by atoms with Crippen molar-refractivity contribution in [1.29, 1.82) is 0 Å². The largest absolute Gasteiger partial charge is 0.445 e. The predicted molar refractivity (Wildman–Crippen MR) is 101 cm³/mol. The zero-order valence-corrected chi connectivity index (χ0v) is 17.7. The maximum atomic E-state index is 12.5. The smallest absolute Gasteiger partial charge is 0.410 e. The number of carbonyl (C=O) groups is 2. The Morgan fingerprint density at radius 1 is 0.680 bits per heavy atom. The second-order valence-corrected chi connectivity index (χ2v) is 7.93. The highest BCUT2D eigenvalue weighted by molar-refractivity contribution is 5.69. The lowest BCUT2D eigenvalue weighted by Crippen LogP contribution is -2.46. The first kappa shape index (κ1) is 23.5. The number of hydrogen-bond acceptors (Lipinski definition) is 4. The highest BCUT2D eigenvalue weighted by atomic mass is 16.6. The molecule has 0 aromatic carbocycles. The van der Waals surface area contributed by atoms with E-state index in [1.165, 1.54) is 0 Å². The quantitative estimate of drug-likeness (QED) is 0.640. The second-order valence-electron chi connectivity index (χ2n) is 7.93. The van der Waals surface area contributed by atoms with Crippen molar-refractivity contribution in [3.63, 3.8) is 0 Å². The van der Waals surface area contributed by atoms with Crippen molar-refractivity contribution in [2.45, 2.75) is 99.5 Å². The first-order valence-electron chi connectivity index (χ1n) is 9.34. The van der Waals surface area contributed by atoms with Crippen LogP contribution in [0.3, 0.4) is 0 Å². The van der Waals surface area contributed by atoms with Gasteiger partial charge in [-0.15, -0.1) is 0 Å². The van der Waals surface area contributed by atoms with E-state index in [1.807, 2.05) is 69.2 Å². The molecule has 0 N–H and O–H groups in total. The molecule has 0 radical (unpaired) electrons. The molecule has 148 valence electrons. The van der Waals surface area contributed by atoms with Crippen molar-refractivity contribution >= 4 is 12.2 Å². The SMILES string of the molecule is CC(C)C(COC(=O)N(C(C)C)C(C)C)OC(=O)N(C(C)C)C(C)C. The third-order valence-corrected chi connectivity index (χ3v) is 4.01. The normalized spacial score (nSPS) is 12.9. The van der Waals surface area contributed by atoms with Crippen molar-refractivity contribution < 1.29 is 19.1 Å². The summed E-state index contributed by atoms with van der Waals surface area (Å²) < 4.78 is 11.1. The number of carbonyl (C=O) groups excluding carboxylic acids is 2. The summed E-state index contributed by atoms with van der Waals surface area (Å²) in [5.74, 6) is 0.0458. The minimum atomic E-state index is -0.474. The fourth-order valence-corrected chi connectivity index (χ4v) is 2.82. The monoisotopic (exact) mass is 358 g/mol. The van der Waals surface area contributed by atoms with Gasteiger partial charge in [-0.3, -0.25) is 0 Å². The van der Waals surface area contributed by atoms with E-state index in [2.05, 4.69) is 0 Å². The molecule has 6 nitrogen and oxygen atoms in total. The van der Waals surface area contributed by atoms with Crippen molar-refractivity contribution in [3.05, 3.63) is 0 Å². The van der Waals surface area contributed by atoms with Crippen molar-refractivity contribution in [2.75, 3.05) is 6.61 Å². The molecule has 0 saturated carbocycles. The van der Waals surface area contributed by atoms with Gasteiger partial charge in [0.15, 0.2) is 0 Å². The van der Waals surface area contributed by atoms with E-state index in [4.69, 9.17) is 9.47 Å². The van der Waals surface area contributed by atoms with Crippen LogP contribution in [0.2, 0.25) is 0 Å². The second kappa shape index (κ2) is 10.5. The number of amides is 2. The summed E-state index contributed by atoms with van der Waals surface area (Å²) in [7, 11) is 0. The molecule has 0 spiro atoms. The average molecular weight is 359 g/mol. The average Bonchev–Trinajstić information content (AvgIpc) is 2.41. The number of nitrogens with zero attached hydrogens (tertiary/aromatic N) is 2. The molecular formula is C19H38N2O4. The molecule has 1 unspecified atom stereocenters. The van der Waals surface area contributed by atoms with Crippen LogP contribution in [0.5, 0.6) is 0 Å². The van der Waals surface area contributed by atoms with Gasteiger partial charge in [0.2, 0.25) is 0 Å². The number of hydrogen-bond donors (Lipinski definition) is 0. The van der Waals surface area contributed by atoms with Crippen LogP contribution in [0, 0.1) is 5.92 Å². The van der Waals surface area contributed by atoms with Crippen LogP contribution in [0.4, 0.5) is 9.59 Å². The summed E-state index contributed by atoms with van der Waals surface area (Å²) in [6.45, 7) is 19.6. The Hall–Kier alpha value is -1.46. The Bertz CT molecular complexity index is 404. The van der Waals surface area contributed by atoms with E-state index in [1.54, 1.807) is 9.80 Å². The van der Waals surface area contributed by atoms with Gasteiger partial charge in [0.1, 0.15) is 12.7 Å². The van der Waals surface area contributed by atoms with Crippen LogP contribution < -0.4 is 0 Å². The lowest BCUT2D eigenvalue weighted by molar-refractivity contribution is -0.0137. The lowest BCUT2D eigenvalue weighted by atomic mass is 10.1. The Labute approximate surface area is 153 Å². The van der Waals surface area contributed by atoms with Gasteiger partial charge in [-0.2, -0.15) is 0 Å². The van der Waals surface area contributed by atoms with E-state index in [0.29, 0.717) is 0 Å². The summed E-state index contributed by atoms with van der Waals surface area (Å²) >= 11 is 0. The highest BCUT2D eigenvalue weighted by Crippen LogP contribution is 2.15. The van der Waals surface area contributed by atoms with Gasteiger partial charge in [-0.05, 0) is 61.3 Å². The van der Waals surface area contributed by atoms with Gasteiger partial charge in [-0.25, -0.2) is 9.59 Å². The van der Waals surface area contributed by atoms with E-state index in [0.717, 1.165) is 0 Å². The molecule has 0 aromatic rings. The third-order valence-electron chi connectivity index (χ3n) is 4.01. The zero-order valence-electron chi connectivity index (χ0n) is 17.7. The van der Waals surface area contributed by atoms with Gasteiger partial charge in [-0.1, -0.05) is 13.8 Å². The van der Waals surface area contributed by atoms with E-state index < -0.39 is 6.10 Å². The van der Waals surface area contributed by atoms with Crippen molar-refractivity contribution in [2.24, 2.45) is 5.92 Å². The molecule has 0 saturated heterocycles. The molecule has 0 fully saturated rings. The van der Waals surface area contributed by atoms with Crippen molar-refractivity contribution in [1.82, 2.24) is 9.80 Å². The molecule has 0 aliphatic carbocycles. The molecule has 0 aliphatic rings. The van der Waals surface area contributed by atoms with Crippen LogP contribution in [0.25, 0.3) is 0 Å². The molecule has 0 aliphatic heterocycles.